The first kappa shape index (κ1) is 12.2. The third-order valence-corrected chi connectivity index (χ3v) is 3.10. The number of rotatable bonds is 7. The fraction of sp³-hybridized carbons (Fsp3) is 0.571. The molecule has 92 valence electrons. The Balaban J connectivity index is 1.95. The van der Waals surface area contributed by atoms with E-state index in [4.69, 9.17) is 10.8 Å². The van der Waals surface area contributed by atoms with E-state index < -0.39 is 0 Å². The van der Waals surface area contributed by atoms with Gasteiger partial charge in [0.25, 0.3) is 0 Å². The molecule has 2 rings (SSSR count). The second kappa shape index (κ2) is 5.90. The van der Waals surface area contributed by atoms with E-state index in [9.17, 15) is 0 Å². The number of hydrogen-bond acceptors (Lipinski definition) is 3. The van der Waals surface area contributed by atoms with Crippen molar-refractivity contribution in [3.63, 3.8) is 0 Å². The number of terminal acetylenes is 1. The van der Waals surface area contributed by atoms with Crippen LogP contribution in [0.15, 0.2) is 16.7 Å². The van der Waals surface area contributed by atoms with Crippen molar-refractivity contribution in [3.05, 3.63) is 23.7 Å². The summed E-state index contributed by atoms with van der Waals surface area (Å²) in [6.45, 7) is 3.51. The summed E-state index contributed by atoms with van der Waals surface area (Å²) in [5.41, 5.74) is 1.25. The lowest BCUT2D eigenvalue weighted by molar-refractivity contribution is 0.283. The van der Waals surface area contributed by atoms with Crippen molar-refractivity contribution in [2.24, 2.45) is 5.92 Å². The highest BCUT2D eigenvalue weighted by Crippen LogP contribution is 2.30. The summed E-state index contributed by atoms with van der Waals surface area (Å²) in [4.78, 5) is 2.34. The molecule has 1 saturated carbocycles. The highest BCUT2D eigenvalue weighted by atomic mass is 16.3. The lowest BCUT2D eigenvalue weighted by Crippen LogP contribution is -2.26. The molecule has 0 atom stereocenters. The lowest BCUT2D eigenvalue weighted by atomic mass is 10.2. The zero-order chi connectivity index (χ0) is 12.1. The zero-order valence-electron chi connectivity index (χ0n) is 10.4. The molecule has 1 fully saturated rings. The van der Waals surface area contributed by atoms with Crippen molar-refractivity contribution in [3.8, 4) is 12.3 Å². The van der Waals surface area contributed by atoms with Gasteiger partial charge in [-0.2, -0.15) is 0 Å². The predicted molar refractivity (Wildman–Crippen MR) is 68.3 cm³/mol. The third-order valence-electron chi connectivity index (χ3n) is 3.10. The molecule has 3 nitrogen and oxygen atoms in total. The van der Waals surface area contributed by atoms with Gasteiger partial charge in [0, 0.05) is 18.7 Å². The van der Waals surface area contributed by atoms with Crippen molar-refractivity contribution in [2.75, 3.05) is 20.1 Å². The van der Waals surface area contributed by atoms with Gasteiger partial charge in [0.1, 0.15) is 5.76 Å². The average molecular weight is 232 g/mol. The summed E-state index contributed by atoms with van der Waals surface area (Å²) >= 11 is 0. The van der Waals surface area contributed by atoms with Crippen LogP contribution in [0.25, 0.3) is 0 Å². The maximum Gasteiger partial charge on any atom is 0.122 e. The molecule has 1 aromatic heterocycles. The Labute approximate surface area is 103 Å². The standard InChI is InChI=1S/C14H20N2O/c1-3-7-16(10-12-4-5-12)11-13-6-8-17-14(13)9-15-2/h1,6,8,12,15H,4-5,7,9-11H2,2H3. The summed E-state index contributed by atoms with van der Waals surface area (Å²) in [5.74, 6) is 4.63. The maximum absolute atomic E-state index is 5.46. The monoisotopic (exact) mass is 232 g/mol. The van der Waals surface area contributed by atoms with Gasteiger partial charge in [-0.1, -0.05) is 5.92 Å². The second-order valence-electron chi connectivity index (χ2n) is 4.72. The second-order valence-corrected chi connectivity index (χ2v) is 4.72. The molecular weight excluding hydrogens is 212 g/mol. The van der Waals surface area contributed by atoms with Gasteiger partial charge in [0.15, 0.2) is 0 Å². The SMILES string of the molecule is C#CCN(Cc1ccoc1CNC)CC1CC1. The molecule has 17 heavy (non-hydrogen) atoms. The fourth-order valence-corrected chi connectivity index (χ4v) is 2.04. The van der Waals surface area contributed by atoms with Crippen LogP contribution in [0.1, 0.15) is 24.2 Å². The van der Waals surface area contributed by atoms with E-state index in [0.29, 0.717) is 0 Å². The van der Waals surface area contributed by atoms with Gasteiger partial charge in [0.05, 0.1) is 19.4 Å². The summed E-state index contributed by atoms with van der Waals surface area (Å²) in [5, 5.41) is 3.12. The molecule has 1 heterocycles. The number of nitrogens with zero attached hydrogens (tertiary/aromatic N) is 1. The first-order valence-electron chi connectivity index (χ1n) is 6.19. The minimum absolute atomic E-state index is 0.723. The average Bonchev–Trinajstić information content (AvgIpc) is 3.01. The Morgan fingerprint density at radius 2 is 2.41 bits per heavy atom. The Hall–Kier alpha value is -1.24. The Bertz CT molecular complexity index is 387. The van der Waals surface area contributed by atoms with Gasteiger partial charge >= 0.3 is 0 Å². The summed E-state index contributed by atoms with van der Waals surface area (Å²) in [7, 11) is 1.93. The number of nitrogens with one attached hydrogen (secondary N) is 1. The summed E-state index contributed by atoms with van der Waals surface area (Å²) < 4.78 is 5.46. The molecule has 0 bridgehead atoms. The van der Waals surface area contributed by atoms with Gasteiger partial charge in [-0.05, 0) is 31.9 Å². The van der Waals surface area contributed by atoms with Crippen molar-refractivity contribution < 1.29 is 4.42 Å². The summed E-state index contributed by atoms with van der Waals surface area (Å²) in [6, 6.07) is 2.04. The van der Waals surface area contributed by atoms with Gasteiger partial charge < -0.3 is 9.73 Å². The minimum Gasteiger partial charge on any atom is -0.468 e. The van der Waals surface area contributed by atoms with Crippen molar-refractivity contribution in [1.82, 2.24) is 10.2 Å². The highest BCUT2D eigenvalue weighted by molar-refractivity contribution is 5.17. The molecule has 0 radical (unpaired) electrons. The van der Waals surface area contributed by atoms with Crippen LogP contribution >= 0.6 is 0 Å². The molecule has 3 heteroatoms. The van der Waals surface area contributed by atoms with E-state index in [1.165, 1.54) is 18.4 Å². The molecule has 0 unspecified atom stereocenters. The minimum atomic E-state index is 0.723. The maximum atomic E-state index is 5.46. The van der Waals surface area contributed by atoms with E-state index >= 15 is 0 Å². The predicted octanol–water partition coefficient (Wildman–Crippen LogP) is 1.84. The topological polar surface area (TPSA) is 28.4 Å². The molecule has 1 aromatic rings. The van der Waals surface area contributed by atoms with Crippen LogP contribution < -0.4 is 5.32 Å². The lowest BCUT2D eigenvalue weighted by Gasteiger charge is -2.19. The Morgan fingerprint density at radius 3 is 3.06 bits per heavy atom. The first-order valence-corrected chi connectivity index (χ1v) is 6.19. The van der Waals surface area contributed by atoms with Crippen molar-refractivity contribution >= 4 is 0 Å². The first-order chi connectivity index (χ1) is 8.33. The molecule has 0 spiro atoms. The van der Waals surface area contributed by atoms with Crippen LogP contribution in [0.3, 0.4) is 0 Å². The van der Waals surface area contributed by atoms with Crippen LogP contribution in [0.4, 0.5) is 0 Å². The van der Waals surface area contributed by atoms with Crippen molar-refractivity contribution in [2.45, 2.75) is 25.9 Å². The fourth-order valence-electron chi connectivity index (χ4n) is 2.04. The highest BCUT2D eigenvalue weighted by Gasteiger charge is 2.24. The van der Waals surface area contributed by atoms with E-state index in [1.807, 2.05) is 13.1 Å². The molecule has 1 N–H and O–H groups in total. The van der Waals surface area contributed by atoms with Crippen LogP contribution in [0.5, 0.6) is 0 Å². The van der Waals surface area contributed by atoms with Gasteiger partial charge in [-0.25, -0.2) is 0 Å². The number of hydrogen-bond donors (Lipinski definition) is 1. The molecule has 0 amide bonds. The molecule has 0 aliphatic heterocycles. The number of furan rings is 1. The molecule has 1 aliphatic rings. The molecular formula is C14H20N2O. The molecule has 0 aromatic carbocycles. The van der Waals surface area contributed by atoms with Gasteiger partial charge in [-0.3, -0.25) is 4.90 Å². The quantitative estimate of drug-likeness (QED) is 0.727. The van der Waals surface area contributed by atoms with Crippen LogP contribution in [-0.4, -0.2) is 25.0 Å². The Kier molecular flexibility index (Phi) is 4.24. The van der Waals surface area contributed by atoms with E-state index in [1.54, 1.807) is 6.26 Å². The van der Waals surface area contributed by atoms with Crippen molar-refractivity contribution in [1.29, 1.82) is 0 Å². The van der Waals surface area contributed by atoms with E-state index in [2.05, 4.69) is 16.1 Å². The van der Waals surface area contributed by atoms with Crippen LogP contribution in [0.2, 0.25) is 0 Å². The van der Waals surface area contributed by atoms with Gasteiger partial charge in [-0.15, -0.1) is 6.42 Å². The van der Waals surface area contributed by atoms with Crippen LogP contribution in [-0.2, 0) is 13.1 Å². The van der Waals surface area contributed by atoms with E-state index in [0.717, 1.165) is 37.9 Å². The smallest absolute Gasteiger partial charge is 0.122 e. The van der Waals surface area contributed by atoms with Gasteiger partial charge in [0.2, 0.25) is 0 Å². The summed E-state index contributed by atoms with van der Waals surface area (Å²) in [6.07, 6.45) is 9.89. The van der Waals surface area contributed by atoms with Crippen LogP contribution in [0, 0.1) is 18.3 Å². The third kappa shape index (κ3) is 3.62. The normalized spacial score (nSPS) is 15.1. The largest absolute Gasteiger partial charge is 0.468 e. The Morgan fingerprint density at radius 1 is 1.59 bits per heavy atom. The molecule has 0 saturated heterocycles. The zero-order valence-corrected chi connectivity index (χ0v) is 10.4. The molecule has 1 aliphatic carbocycles. The van der Waals surface area contributed by atoms with E-state index in [-0.39, 0.29) is 0 Å².